The first-order chi connectivity index (χ1) is 11.1. The molecular formula is C14H14N6O3. The summed E-state index contributed by atoms with van der Waals surface area (Å²) in [5.74, 6) is 0.325. The standard InChI is InChI=1S/C14H14N6O3/c1-9(20-6-2-4-17-20)14(22)16-8-12-18-13(19-23-12)10-3-5-15-11(21)7-10/h2-7,9H,8H2,1H3,(H,15,21)(H,16,22)/t9-/m0/s1. The SMILES string of the molecule is C[C@@H](C(=O)NCc1nc(-c2cc[nH]c(=O)c2)no1)n1cccn1. The van der Waals surface area contributed by atoms with Crippen LogP contribution in [0.15, 0.2) is 46.1 Å². The van der Waals surface area contributed by atoms with Crippen LogP contribution < -0.4 is 10.9 Å². The molecule has 23 heavy (non-hydrogen) atoms. The summed E-state index contributed by atoms with van der Waals surface area (Å²) in [5, 5.41) is 10.5. The molecule has 0 aliphatic heterocycles. The lowest BCUT2D eigenvalue weighted by Gasteiger charge is -2.11. The maximum atomic E-state index is 12.0. The van der Waals surface area contributed by atoms with Gasteiger partial charge in [0, 0.05) is 30.2 Å². The molecule has 3 rings (SSSR count). The number of aromatic nitrogens is 5. The molecule has 0 aliphatic carbocycles. The Morgan fingerprint density at radius 2 is 2.39 bits per heavy atom. The van der Waals surface area contributed by atoms with Gasteiger partial charge in [-0.3, -0.25) is 14.3 Å². The lowest BCUT2D eigenvalue weighted by atomic mass is 10.2. The highest BCUT2D eigenvalue weighted by molar-refractivity contribution is 5.79. The molecule has 0 unspecified atom stereocenters. The quantitative estimate of drug-likeness (QED) is 0.708. The first-order valence-electron chi connectivity index (χ1n) is 6.92. The zero-order valence-electron chi connectivity index (χ0n) is 12.3. The van der Waals surface area contributed by atoms with Gasteiger partial charge in [0.1, 0.15) is 6.04 Å². The van der Waals surface area contributed by atoms with Gasteiger partial charge in [0.05, 0.1) is 6.54 Å². The van der Waals surface area contributed by atoms with E-state index in [1.54, 1.807) is 36.1 Å². The highest BCUT2D eigenvalue weighted by Gasteiger charge is 2.16. The molecule has 9 heteroatoms. The predicted octanol–water partition coefficient (Wildman–Crippen LogP) is 0.499. The highest BCUT2D eigenvalue weighted by atomic mass is 16.5. The summed E-state index contributed by atoms with van der Waals surface area (Å²) in [6, 6.07) is 4.33. The van der Waals surface area contributed by atoms with E-state index in [9.17, 15) is 9.59 Å². The molecule has 0 radical (unpaired) electrons. The largest absolute Gasteiger partial charge is 0.345 e. The smallest absolute Gasteiger partial charge is 0.248 e. The fourth-order valence-electron chi connectivity index (χ4n) is 1.97. The number of hydrogen-bond acceptors (Lipinski definition) is 6. The van der Waals surface area contributed by atoms with Crippen LogP contribution in [0.25, 0.3) is 11.4 Å². The van der Waals surface area contributed by atoms with Crippen molar-refractivity contribution in [2.75, 3.05) is 0 Å². The van der Waals surface area contributed by atoms with Crippen molar-refractivity contribution in [2.45, 2.75) is 19.5 Å². The van der Waals surface area contributed by atoms with Crippen LogP contribution >= 0.6 is 0 Å². The summed E-state index contributed by atoms with van der Waals surface area (Å²) in [4.78, 5) is 29.9. The second-order valence-corrected chi connectivity index (χ2v) is 4.83. The Morgan fingerprint density at radius 3 is 3.13 bits per heavy atom. The Labute approximate surface area is 130 Å². The molecule has 0 aromatic carbocycles. The number of pyridine rings is 1. The van der Waals surface area contributed by atoms with Crippen LogP contribution in [0.4, 0.5) is 0 Å². The van der Waals surface area contributed by atoms with Crippen molar-refractivity contribution in [2.24, 2.45) is 0 Å². The van der Waals surface area contributed by atoms with Crippen molar-refractivity contribution in [3.63, 3.8) is 0 Å². The molecule has 1 atom stereocenters. The summed E-state index contributed by atoms with van der Waals surface area (Å²) in [7, 11) is 0. The first kappa shape index (κ1) is 14.7. The second-order valence-electron chi connectivity index (χ2n) is 4.83. The third-order valence-electron chi connectivity index (χ3n) is 3.22. The van der Waals surface area contributed by atoms with E-state index in [0.29, 0.717) is 11.4 Å². The van der Waals surface area contributed by atoms with Crippen LogP contribution in [0, 0.1) is 0 Å². The maximum Gasteiger partial charge on any atom is 0.248 e. The molecule has 0 fully saturated rings. The molecular weight excluding hydrogens is 300 g/mol. The molecule has 0 spiro atoms. The fourth-order valence-corrected chi connectivity index (χ4v) is 1.97. The van der Waals surface area contributed by atoms with Gasteiger partial charge in [0.15, 0.2) is 0 Å². The van der Waals surface area contributed by atoms with Gasteiger partial charge in [0.2, 0.25) is 23.2 Å². The Balaban J connectivity index is 1.63. The van der Waals surface area contributed by atoms with E-state index in [4.69, 9.17) is 4.52 Å². The summed E-state index contributed by atoms with van der Waals surface area (Å²) in [6.45, 7) is 1.83. The number of nitrogens with zero attached hydrogens (tertiary/aromatic N) is 4. The first-order valence-corrected chi connectivity index (χ1v) is 6.92. The van der Waals surface area contributed by atoms with Crippen LogP contribution in [0.5, 0.6) is 0 Å². The number of carbonyl (C=O) groups is 1. The summed E-state index contributed by atoms with van der Waals surface area (Å²) in [5.41, 5.74) is 0.287. The maximum absolute atomic E-state index is 12.0. The average molecular weight is 314 g/mol. The molecule has 3 aromatic rings. The van der Waals surface area contributed by atoms with Crippen molar-refractivity contribution in [3.8, 4) is 11.4 Å². The summed E-state index contributed by atoms with van der Waals surface area (Å²) in [6.07, 6.45) is 4.82. The predicted molar refractivity (Wildman–Crippen MR) is 79.1 cm³/mol. The summed E-state index contributed by atoms with van der Waals surface area (Å²) < 4.78 is 6.62. The molecule has 0 aliphatic rings. The Hall–Kier alpha value is -3.23. The number of aromatic amines is 1. The molecule has 118 valence electrons. The van der Waals surface area contributed by atoms with Crippen LogP contribution in [0.2, 0.25) is 0 Å². The molecule has 0 saturated heterocycles. The second kappa shape index (κ2) is 6.26. The number of amides is 1. The minimum Gasteiger partial charge on any atom is -0.345 e. The normalized spacial score (nSPS) is 12.0. The van der Waals surface area contributed by atoms with Gasteiger partial charge >= 0.3 is 0 Å². The van der Waals surface area contributed by atoms with E-state index in [2.05, 4.69) is 25.5 Å². The van der Waals surface area contributed by atoms with Crippen molar-refractivity contribution < 1.29 is 9.32 Å². The Bertz CT molecular complexity index is 851. The van der Waals surface area contributed by atoms with Crippen molar-refractivity contribution in [1.29, 1.82) is 0 Å². The Morgan fingerprint density at radius 1 is 1.52 bits per heavy atom. The number of hydrogen-bond donors (Lipinski definition) is 2. The third kappa shape index (κ3) is 3.34. The number of nitrogens with one attached hydrogen (secondary N) is 2. The Kier molecular flexibility index (Phi) is 4.00. The van der Waals surface area contributed by atoms with E-state index in [1.165, 1.54) is 12.3 Å². The zero-order chi connectivity index (χ0) is 16.2. The van der Waals surface area contributed by atoms with Gasteiger partial charge in [-0.1, -0.05) is 5.16 Å². The molecule has 0 bridgehead atoms. The van der Waals surface area contributed by atoms with E-state index >= 15 is 0 Å². The molecule has 3 aromatic heterocycles. The average Bonchev–Trinajstić information content (AvgIpc) is 3.23. The molecule has 0 saturated carbocycles. The molecule has 3 heterocycles. The van der Waals surface area contributed by atoms with Crippen LogP contribution in [-0.2, 0) is 11.3 Å². The van der Waals surface area contributed by atoms with Crippen molar-refractivity contribution >= 4 is 5.91 Å². The zero-order valence-corrected chi connectivity index (χ0v) is 12.3. The minimum absolute atomic E-state index is 0.0978. The van der Waals surface area contributed by atoms with Crippen LogP contribution in [0.3, 0.4) is 0 Å². The number of carbonyl (C=O) groups excluding carboxylic acids is 1. The van der Waals surface area contributed by atoms with Crippen LogP contribution in [-0.4, -0.2) is 30.8 Å². The van der Waals surface area contributed by atoms with Crippen molar-refractivity contribution in [3.05, 3.63) is 53.0 Å². The lowest BCUT2D eigenvalue weighted by molar-refractivity contribution is -0.124. The number of H-pyrrole nitrogens is 1. The van der Waals surface area contributed by atoms with E-state index in [-0.39, 0.29) is 23.9 Å². The van der Waals surface area contributed by atoms with Crippen molar-refractivity contribution in [1.82, 2.24) is 30.2 Å². The highest BCUT2D eigenvalue weighted by Crippen LogP contribution is 2.12. The lowest BCUT2D eigenvalue weighted by Crippen LogP contribution is -2.30. The summed E-state index contributed by atoms with van der Waals surface area (Å²) >= 11 is 0. The minimum atomic E-state index is -0.444. The van der Waals surface area contributed by atoms with Gasteiger partial charge in [-0.25, -0.2) is 0 Å². The van der Waals surface area contributed by atoms with E-state index in [0.717, 1.165) is 0 Å². The van der Waals surface area contributed by atoms with Crippen LogP contribution in [0.1, 0.15) is 18.9 Å². The third-order valence-corrected chi connectivity index (χ3v) is 3.22. The topological polar surface area (TPSA) is 119 Å². The molecule has 9 nitrogen and oxygen atoms in total. The number of rotatable bonds is 5. The van der Waals surface area contributed by atoms with E-state index in [1.807, 2.05) is 0 Å². The van der Waals surface area contributed by atoms with Gasteiger partial charge in [-0.2, -0.15) is 10.1 Å². The fraction of sp³-hybridized carbons (Fsp3) is 0.214. The molecule has 1 amide bonds. The van der Waals surface area contributed by atoms with Gasteiger partial charge in [-0.05, 0) is 19.1 Å². The van der Waals surface area contributed by atoms with Gasteiger partial charge < -0.3 is 14.8 Å². The van der Waals surface area contributed by atoms with Gasteiger partial charge in [-0.15, -0.1) is 0 Å². The monoisotopic (exact) mass is 314 g/mol. The molecule has 2 N–H and O–H groups in total. The van der Waals surface area contributed by atoms with E-state index < -0.39 is 6.04 Å². The van der Waals surface area contributed by atoms with Gasteiger partial charge in [0.25, 0.3) is 0 Å².